The molecule has 39 heavy (non-hydrogen) atoms. The Kier molecular flexibility index (Phi) is 11.5. The number of unbranched alkanes of at least 4 members (excludes halogenated alkanes) is 7. The molecule has 1 fully saturated rings. The molecule has 0 bridgehead atoms. The average Bonchev–Trinajstić information content (AvgIpc) is 2.89. The van der Waals surface area contributed by atoms with Gasteiger partial charge in [0.25, 0.3) is 0 Å². The second kappa shape index (κ2) is 15.0. The number of rotatable bonds is 17. The Morgan fingerprint density at radius 1 is 0.538 bits per heavy atom. The van der Waals surface area contributed by atoms with Crippen LogP contribution in [0.2, 0.25) is 0 Å². The van der Waals surface area contributed by atoms with Crippen molar-refractivity contribution in [2.24, 2.45) is 23.7 Å². The molecule has 0 saturated heterocycles. The molecule has 8 nitrogen and oxygen atoms in total. The second-order valence-electron chi connectivity index (χ2n) is 10.4. The molecule has 3 N–H and O–H groups in total. The molecule has 3 rings (SSSR count). The standard InChI is InChI=1S/C31H39NO7/c33-28(24-25(29(34)35)27(31(38)39)26(24)30(36)37)32(21-23-18-12-8-13-19-23)20-14-6-4-2-1-3-5-9-15-22-16-10-7-11-17-22/h7-8,10-13,16-19,24-27H,1-6,9,14-15,20-21H2,(H,34,35)(H,36,37)(H,38,39)/t24-,25-,26-,27-/m1/s1. The molecule has 1 saturated carbocycles. The zero-order valence-corrected chi connectivity index (χ0v) is 22.3. The summed E-state index contributed by atoms with van der Waals surface area (Å²) in [5.41, 5.74) is 2.21. The van der Waals surface area contributed by atoms with Crippen LogP contribution in [-0.4, -0.2) is 50.6 Å². The number of aryl methyl sites for hydroxylation is 1. The van der Waals surface area contributed by atoms with E-state index < -0.39 is 47.5 Å². The molecule has 0 heterocycles. The normalized spacial score (nSPS) is 20.1. The van der Waals surface area contributed by atoms with Crippen molar-refractivity contribution in [1.29, 1.82) is 0 Å². The number of carbonyl (C=O) groups is 4. The van der Waals surface area contributed by atoms with E-state index in [1.165, 1.54) is 29.7 Å². The topological polar surface area (TPSA) is 132 Å². The van der Waals surface area contributed by atoms with E-state index in [0.717, 1.165) is 37.7 Å². The van der Waals surface area contributed by atoms with Gasteiger partial charge >= 0.3 is 17.9 Å². The molecule has 2 aromatic carbocycles. The Morgan fingerprint density at radius 2 is 0.949 bits per heavy atom. The van der Waals surface area contributed by atoms with Gasteiger partial charge in [0.15, 0.2) is 0 Å². The number of carboxylic acids is 3. The summed E-state index contributed by atoms with van der Waals surface area (Å²) < 4.78 is 0. The summed E-state index contributed by atoms with van der Waals surface area (Å²) in [5, 5.41) is 28.7. The van der Waals surface area contributed by atoms with E-state index in [-0.39, 0.29) is 6.54 Å². The number of amides is 1. The Hall–Kier alpha value is -3.68. The molecular formula is C31H39NO7. The van der Waals surface area contributed by atoms with Gasteiger partial charge in [0, 0.05) is 13.1 Å². The maximum Gasteiger partial charge on any atom is 0.308 e. The third kappa shape index (κ3) is 8.40. The SMILES string of the molecule is O=C(O)[C@H]1[C@H](C(=O)O)[C@H](C(=O)O)[C@H]1C(=O)N(CCCCCCCCCCc1ccccc1)Cc1ccccc1. The molecule has 2 aromatic rings. The van der Waals surface area contributed by atoms with Gasteiger partial charge in [0.2, 0.25) is 5.91 Å². The van der Waals surface area contributed by atoms with Gasteiger partial charge in [-0.05, 0) is 30.4 Å². The van der Waals surface area contributed by atoms with E-state index in [9.17, 15) is 34.5 Å². The summed E-state index contributed by atoms with van der Waals surface area (Å²) in [6.07, 6.45) is 9.54. The molecule has 1 amide bonds. The van der Waals surface area contributed by atoms with Crippen LogP contribution < -0.4 is 0 Å². The van der Waals surface area contributed by atoms with Crippen molar-refractivity contribution in [3.05, 3.63) is 71.8 Å². The zero-order valence-electron chi connectivity index (χ0n) is 22.3. The highest BCUT2D eigenvalue weighted by atomic mass is 16.4. The van der Waals surface area contributed by atoms with Crippen LogP contribution in [0.3, 0.4) is 0 Å². The Morgan fingerprint density at radius 3 is 1.44 bits per heavy atom. The average molecular weight is 538 g/mol. The van der Waals surface area contributed by atoms with Gasteiger partial charge in [-0.2, -0.15) is 0 Å². The lowest BCUT2D eigenvalue weighted by atomic mass is 9.56. The third-order valence-electron chi connectivity index (χ3n) is 7.70. The molecule has 0 aromatic heterocycles. The van der Waals surface area contributed by atoms with Crippen LogP contribution in [0.1, 0.15) is 62.5 Å². The lowest BCUT2D eigenvalue weighted by molar-refractivity contribution is -0.189. The maximum absolute atomic E-state index is 13.5. The minimum atomic E-state index is -1.62. The highest BCUT2D eigenvalue weighted by Crippen LogP contribution is 2.48. The molecule has 0 spiro atoms. The number of hydrogen-bond donors (Lipinski definition) is 3. The molecule has 210 valence electrons. The molecule has 1 aliphatic carbocycles. The van der Waals surface area contributed by atoms with Crippen LogP contribution in [0, 0.1) is 23.7 Å². The summed E-state index contributed by atoms with van der Waals surface area (Å²) in [7, 11) is 0. The first-order valence-corrected chi connectivity index (χ1v) is 13.9. The third-order valence-corrected chi connectivity index (χ3v) is 7.70. The van der Waals surface area contributed by atoms with Crippen LogP contribution in [-0.2, 0) is 32.1 Å². The quantitative estimate of drug-likeness (QED) is 0.239. The predicted molar refractivity (Wildman–Crippen MR) is 146 cm³/mol. The summed E-state index contributed by atoms with van der Waals surface area (Å²) in [6, 6.07) is 19.7. The van der Waals surface area contributed by atoms with Gasteiger partial charge in [-0.15, -0.1) is 0 Å². The van der Waals surface area contributed by atoms with Gasteiger partial charge in [-0.25, -0.2) is 0 Å². The van der Waals surface area contributed by atoms with E-state index in [4.69, 9.17) is 0 Å². The molecule has 8 heteroatoms. The summed E-state index contributed by atoms with van der Waals surface area (Å²) >= 11 is 0. The van der Waals surface area contributed by atoms with Crippen molar-refractivity contribution in [2.45, 2.75) is 64.3 Å². The minimum absolute atomic E-state index is 0.216. The van der Waals surface area contributed by atoms with Crippen molar-refractivity contribution >= 4 is 23.8 Å². The van der Waals surface area contributed by atoms with Crippen molar-refractivity contribution in [3.63, 3.8) is 0 Å². The Balaban J connectivity index is 1.49. The van der Waals surface area contributed by atoms with Gasteiger partial charge < -0.3 is 20.2 Å². The fraction of sp³-hybridized carbons (Fsp3) is 0.484. The number of carboxylic acid groups (broad SMARTS) is 3. The number of carbonyl (C=O) groups excluding carboxylic acids is 1. The van der Waals surface area contributed by atoms with Crippen molar-refractivity contribution in [2.75, 3.05) is 6.54 Å². The lowest BCUT2D eigenvalue weighted by Crippen LogP contribution is -2.62. The van der Waals surface area contributed by atoms with Crippen LogP contribution in [0.15, 0.2) is 60.7 Å². The van der Waals surface area contributed by atoms with E-state index in [1.807, 2.05) is 36.4 Å². The van der Waals surface area contributed by atoms with E-state index in [2.05, 4.69) is 24.3 Å². The van der Waals surface area contributed by atoms with E-state index >= 15 is 0 Å². The second-order valence-corrected chi connectivity index (χ2v) is 10.4. The summed E-state index contributed by atoms with van der Waals surface area (Å²) in [5.74, 6) is -11.2. The van der Waals surface area contributed by atoms with Gasteiger partial charge in [0.05, 0.1) is 23.7 Å². The first-order chi connectivity index (χ1) is 18.8. The fourth-order valence-corrected chi connectivity index (χ4v) is 5.60. The number of aliphatic carboxylic acids is 3. The van der Waals surface area contributed by atoms with Crippen LogP contribution >= 0.6 is 0 Å². The van der Waals surface area contributed by atoms with Crippen LogP contribution in [0.25, 0.3) is 0 Å². The molecule has 1 aliphatic rings. The van der Waals surface area contributed by atoms with Crippen molar-refractivity contribution in [1.82, 2.24) is 4.90 Å². The number of nitrogens with zero attached hydrogens (tertiary/aromatic N) is 1. The first-order valence-electron chi connectivity index (χ1n) is 13.9. The van der Waals surface area contributed by atoms with Crippen molar-refractivity contribution < 1.29 is 34.5 Å². The number of hydrogen-bond acceptors (Lipinski definition) is 4. The monoisotopic (exact) mass is 537 g/mol. The van der Waals surface area contributed by atoms with Gasteiger partial charge in [0.1, 0.15) is 0 Å². The number of benzene rings is 2. The predicted octanol–water partition coefficient (Wildman–Crippen LogP) is 5.11. The Labute approximate surface area is 229 Å². The van der Waals surface area contributed by atoms with E-state index in [1.54, 1.807) is 0 Å². The van der Waals surface area contributed by atoms with Crippen LogP contribution in [0.5, 0.6) is 0 Å². The summed E-state index contributed by atoms with van der Waals surface area (Å²) in [6.45, 7) is 0.575. The van der Waals surface area contributed by atoms with Crippen molar-refractivity contribution in [3.8, 4) is 0 Å². The van der Waals surface area contributed by atoms with Gasteiger partial charge in [-0.1, -0.05) is 99.2 Å². The zero-order chi connectivity index (χ0) is 28.2. The molecule has 2 atom stereocenters. The largest absolute Gasteiger partial charge is 0.481 e. The summed E-state index contributed by atoms with van der Waals surface area (Å²) in [4.78, 5) is 50.3. The molecular weight excluding hydrogens is 498 g/mol. The van der Waals surface area contributed by atoms with E-state index in [0.29, 0.717) is 13.0 Å². The highest BCUT2D eigenvalue weighted by Gasteiger charge is 2.64. The van der Waals surface area contributed by atoms with Gasteiger partial charge in [-0.3, -0.25) is 19.2 Å². The molecule has 0 radical (unpaired) electrons. The Bertz CT molecular complexity index is 1070. The fourth-order valence-electron chi connectivity index (χ4n) is 5.60. The minimum Gasteiger partial charge on any atom is -0.481 e. The molecule has 0 aliphatic heterocycles. The molecule has 0 unspecified atom stereocenters. The first kappa shape index (κ1) is 29.9. The smallest absolute Gasteiger partial charge is 0.308 e. The van der Waals surface area contributed by atoms with Crippen LogP contribution in [0.4, 0.5) is 0 Å². The lowest BCUT2D eigenvalue weighted by Gasteiger charge is -2.45. The highest BCUT2D eigenvalue weighted by molar-refractivity contribution is 5.98. The maximum atomic E-state index is 13.5.